The molecule has 5 rings (SSSR count). The van der Waals surface area contributed by atoms with Gasteiger partial charge in [-0.25, -0.2) is 14.4 Å². The van der Waals surface area contributed by atoms with E-state index in [-0.39, 0.29) is 11.9 Å². The molecule has 0 radical (unpaired) electrons. The zero-order valence-electron chi connectivity index (χ0n) is 17.6. The molecule has 1 aromatic heterocycles. The predicted octanol–water partition coefficient (Wildman–Crippen LogP) is 4.80. The Morgan fingerprint density at radius 2 is 1.83 bits per heavy atom. The van der Waals surface area contributed by atoms with Crippen molar-refractivity contribution in [3.05, 3.63) is 83.2 Å². The van der Waals surface area contributed by atoms with Crippen molar-refractivity contribution in [2.75, 3.05) is 0 Å². The van der Waals surface area contributed by atoms with Crippen LogP contribution in [0.15, 0.2) is 65.6 Å². The van der Waals surface area contributed by atoms with Gasteiger partial charge in [-0.1, -0.05) is 18.2 Å². The molecule has 2 aliphatic rings. The molecule has 0 amide bonds. The molecule has 5 nitrogen and oxygen atoms in total. The third-order valence-electron chi connectivity index (χ3n) is 5.94. The summed E-state index contributed by atoms with van der Waals surface area (Å²) in [7, 11) is 1.97. The van der Waals surface area contributed by atoms with Crippen molar-refractivity contribution in [1.29, 1.82) is 0 Å². The van der Waals surface area contributed by atoms with Crippen LogP contribution in [0.2, 0.25) is 0 Å². The number of aryl methyl sites for hydroxylation is 2. The molecule has 0 spiro atoms. The fourth-order valence-corrected chi connectivity index (χ4v) is 4.39. The summed E-state index contributed by atoms with van der Waals surface area (Å²) < 4.78 is 15.3. The van der Waals surface area contributed by atoms with Crippen molar-refractivity contribution in [3.8, 4) is 0 Å². The lowest BCUT2D eigenvalue weighted by atomic mass is 9.98. The van der Waals surface area contributed by atoms with Gasteiger partial charge >= 0.3 is 0 Å². The van der Waals surface area contributed by atoms with Gasteiger partial charge in [-0.15, -0.1) is 0 Å². The van der Waals surface area contributed by atoms with Gasteiger partial charge in [0.25, 0.3) is 0 Å². The highest BCUT2D eigenvalue weighted by atomic mass is 19.1. The molecule has 0 N–H and O–H groups in total. The molecular formula is C24H24FN5. The van der Waals surface area contributed by atoms with Crippen molar-refractivity contribution in [3.63, 3.8) is 0 Å². The number of nitrogens with zero attached hydrogens (tertiary/aromatic N) is 5. The first-order valence-corrected chi connectivity index (χ1v) is 10.1. The van der Waals surface area contributed by atoms with Crippen molar-refractivity contribution in [2.24, 2.45) is 12.0 Å². The SMILES string of the molecule is CC1=NC2=C(c3ccc4c(c3)c(C)nn4C)C(C)N(Cc3ccc(F)cc3)N2C=C1. The number of hydrazine groups is 1. The van der Waals surface area contributed by atoms with E-state index in [9.17, 15) is 4.39 Å². The highest BCUT2D eigenvalue weighted by Gasteiger charge is 2.37. The van der Waals surface area contributed by atoms with E-state index < -0.39 is 0 Å². The minimum atomic E-state index is -0.217. The summed E-state index contributed by atoms with van der Waals surface area (Å²) in [6, 6.07) is 13.3. The summed E-state index contributed by atoms with van der Waals surface area (Å²) >= 11 is 0. The lowest BCUT2D eigenvalue weighted by Gasteiger charge is -2.32. The molecule has 0 aliphatic carbocycles. The molecule has 0 saturated heterocycles. The second-order valence-corrected chi connectivity index (χ2v) is 7.99. The van der Waals surface area contributed by atoms with Crippen molar-refractivity contribution < 1.29 is 4.39 Å². The summed E-state index contributed by atoms with van der Waals surface area (Å²) in [5, 5.41) is 10.1. The van der Waals surface area contributed by atoms with E-state index in [1.54, 1.807) is 0 Å². The molecule has 3 aromatic rings. The lowest BCUT2D eigenvalue weighted by Crippen LogP contribution is -2.38. The van der Waals surface area contributed by atoms with Crippen LogP contribution in [0.1, 0.15) is 30.7 Å². The van der Waals surface area contributed by atoms with Gasteiger partial charge in [-0.2, -0.15) is 5.10 Å². The number of hydrogen-bond acceptors (Lipinski definition) is 4. The topological polar surface area (TPSA) is 36.7 Å². The third kappa shape index (κ3) is 2.95. The van der Waals surface area contributed by atoms with E-state index in [1.807, 2.05) is 43.8 Å². The zero-order chi connectivity index (χ0) is 21.0. The Morgan fingerprint density at radius 1 is 1.07 bits per heavy atom. The summed E-state index contributed by atoms with van der Waals surface area (Å²) in [5.41, 5.74) is 6.52. The second kappa shape index (κ2) is 6.92. The first kappa shape index (κ1) is 18.8. The number of halogens is 1. The Hall–Kier alpha value is -3.25. The van der Waals surface area contributed by atoms with E-state index in [4.69, 9.17) is 4.99 Å². The maximum absolute atomic E-state index is 13.4. The van der Waals surface area contributed by atoms with Crippen LogP contribution in [0.5, 0.6) is 0 Å². The molecule has 0 fully saturated rings. The number of allylic oxidation sites excluding steroid dienone is 1. The standard InChI is InChI=1S/C24H24FN5/c1-15-11-12-29-24(26-15)23(17(3)30(29)14-18-5-8-20(25)9-6-18)19-7-10-22-21(13-19)16(2)27-28(22)4/h5-13,17H,14H2,1-4H3. The second-order valence-electron chi connectivity index (χ2n) is 7.99. The van der Waals surface area contributed by atoms with Crippen LogP contribution in [-0.4, -0.2) is 31.6 Å². The largest absolute Gasteiger partial charge is 0.268 e. The van der Waals surface area contributed by atoms with E-state index in [0.717, 1.165) is 39.3 Å². The van der Waals surface area contributed by atoms with Gasteiger partial charge in [0, 0.05) is 36.5 Å². The van der Waals surface area contributed by atoms with Crippen molar-refractivity contribution >= 4 is 22.2 Å². The fourth-order valence-electron chi connectivity index (χ4n) is 4.39. The Labute approximate surface area is 175 Å². The number of hydrogen-bond donors (Lipinski definition) is 0. The van der Waals surface area contributed by atoms with Crippen LogP contribution in [0.3, 0.4) is 0 Å². The minimum absolute atomic E-state index is 0.110. The molecule has 0 saturated carbocycles. The number of rotatable bonds is 3. The molecule has 0 bridgehead atoms. The molecule has 1 atom stereocenters. The van der Waals surface area contributed by atoms with Gasteiger partial charge in [0.1, 0.15) is 5.82 Å². The van der Waals surface area contributed by atoms with Crippen LogP contribution in [0, 0.1) is 12.7 Å². The summed E-state index contributed by atoms with van der Waals surface area (Å²) in [5.74, 6) is 0.733. The quantitative estimate of drug-likeness (QED) is 0.633. The highest BCUT2D eigenvalue weighted by molar-refractivity contribution is 5.96. The Kier molecular flexibility index (Phi) is 4.33. The normalized spacial score (nSPS) is 19.0. The van der Waals surface area contributed by atoms with Crippen molar-refractivity contribution in [1.82, 2.24) is 19.8 Å². The summed E-state index contributed by atoms with van der Waals surface area (Å²) in [4.78, 5) is 4.88. The van der Waals surface area contributed by atoms with Crippen LogP contribution in [-0.2, 0) is 13.6 Å². The van der Waals surface area contributed by atoms with Gasteiger partial charge in [0.05, 0.1) is 17.3 Å². The average Bonchev–Trinajstić information content (AvgIpc) is 3.16. The number of benzene rings is 2. The molecular weight excluding hydrogens is 377 g/mol. The fraction of sp³-hybridized carbons (Fsp3) is 0.250. The number of fused-ring (bicyclic) bond motifs is 2. The van der Waals surface area contributed by atoms with Gasteiger partial charge in [-0.3, -0.25) is 9.69 Å². The van der Waals surface area contributed by atoms with Crippen molar-refractivity contribution in [2.45, 2.75) is 33.4 Å². The maximum Gasteiger partial charge on any atom is 0.152 e. The van der Waals surface area contributed by atoms with Gasteiger partial charge in [0.2, 0.25) is 0 Å². The predicted molar refractivity (Wildman–Crippen MR) is 118 cm³/mol. The smallest absolute Gasteiger partial charge is 0.152 e. The molecule has 2 aliphatic heterocycles. The average molecular weight is 401 g/mol. The van der Waals surface area contributed by atoms with Gasteiger partial charge in [-0.05, 0) is 62.2 Å². The van der Waals surface area contributed by atoms with Gasteiger partial charge < -0.3 is 0 Å². The molecule has 152 valence electrons. The highest BCUT2D eigenvalue weighted by Crippen LogP contribution is 2.40. The van der Waals surface area contributed by atoms with E-state index in [2.05, 4.69) is 46.4 Å². The van der Waals surface area contributed by atoms with Gasteiger partial charge in [0.15, 0.2) is 5.82 Å². The Balaban J connectivity index is 1.59. The van der Waals surface area contributed by atoms with Crippen LogP contribution in [0.4, 0.5) is 4.39 Å². The summed E-state index contributed by atoms with van der Waals surface area (Å²) in [6.45, 7) is 6.92. The minimum Gasteiger partial charge on any atom is -0.268 e. The van der Waals surface area contributed by atoms with E-state index in [0.29, 0.717) is 6.54 Å². The first-order chi connectivity index (χ1) is 14.4. The van der Waals surface area contributed by atoms with E-state index >= 15 is 0 Å². The molecule has 6 heteroatoms. The molecule has 1 unspecified atom stereocenters. The number of aromatic nitrogens is 2. The lowest BCUT2D eigenvalue weighted by molar-refractivity contribution is 0.0469. The molecule has 2 aromatic carbocycles. The van der Waals surface area contributed by atoms with Crippen LogP contribution < -0.4 is 0 Å². The maximum atomic E-state index is 13.4. The van der Waals surface area contributed by atoms with Crippen LogP contribution in [0.25, 0.3) is 16.5 Å². The third-order valence-corrected chi connectivity index (χ3v) is 5.94. The van der Waals surface area contributed by atoms with E-state index in [1.165, 1.54) is 17.7 Å². The first-order valence-electron chi connectivity index (χ1n) is 10.1. The monoisotopic (exact) mass is 401 g/mol. The van der Waals surface area contributed by atoms with Crippen LogP contribution >= 0.6 is 0 Å². The summed E-state index contributed by atoms with van der Waals surface area (Å²) in [6.07, 6.45) is 4.09. The Morgan fingerprint density at radius 3 is 2.60 bits per heavy atom. The Bertz CT molecular complexity index is 1230. The number of aliphatic imine (C=N–C) groups is 1. The molecule has 30 heavy (non-hydrogen) atoms. The molecule has 3 heterocycles. The zero-order valence-corrected chi connectivity index (χ0v) is 17.6.